The molecule has 4 saturated carbocycles. The molecule has 64 heavy (non-hydrogen) atoms. The summed E-state index contributed by atoms with van der Waals surface area (Å²) in [4.78, 5) is 65.9. The van der Waals surface area contributed by atoms with Gasteiger partial charge in [-0.3, -0.25) is 34.2 Å². The van der Waals surface area contributed by atoms with Crippen molar-refractivity contribution >= 4 is 35.2 Å². The van der Waals surface area contributed by atoms with E-state index in [-0.39, 0.29) is 63.6 Å². The first-order valence-corrected chi connectivity index (χ1v) is 24.4. The molecule has 1 saturated heterocycles. The van der Waals surface area contributed by atoms with Gasteiger partial charge >= 0.3 is 0 Å². The second kappa shape index (κ2) is 17.9. The van der Waals surface area contributed by atoms with E-state index in [0.717, 1.165) is 49.8 Å². The van der Waals surface area contributed by atoms with Crippen molar-refractivity contribution in [2.24, 2.45) is 56.7 Å². The lowest BCUT2D eigenvalue weighted by Crippen LogP contribution is -2.66. The Kier molecular flexibility index (Phi) is 13.1. The van der Waals surface area contributed by atoms with E-state index in [4.69, 9.17) is 14.2 Å². The topological polar surface area (TPSA) is 173 Å². The number of benzene rings is 1. The molecule has 11 atom stereocenters. The fourth-order valence-corrected chi connectivity index (χ4v) is 14.7. The van der Waals surface area contributed by atoms with Gasteiger partial charge < -0.3 is 30.0 Å². The van der Waals surface area contributed by atoms with Gasteiger partial charge in [0.1, 0.15) is 6.04 Å². The number of piperidine rings is 1. The summed E-state index contributed by atoms with van der Waals surface area (Å²) in [7, 11) is 0. The van der Waals surface area contributed by atoms with Crippen molar-refractivity contribution in [3.8, 4) is 0 Å². The molecule has 0 bridgehead atoms. The van der Waals surface area contributed by atoms with Crippen molar-refractivity contribution in [1.82, 2.24) is 15.5 Å². The standard InChI is InChI=1S/C51H74N4O9/c1-31-15-20-51(22-21-49(6)34(42(51)32(31)2)11-13-38-48(5)18-17-39(56)47(3,4)37(48)16-19-50(38,49)7)46(61)53-24-26-63-28-30-64-29-27-62-25-23-52-35-10-8-9-33-41(35)45(60)55(44(33)59)36-12-14-40(57)54-43(36)58/h8-11,31-32,36-39,42,52,56H,12-30H2,1-7H3,(H,53,61)(H,54,57,58)/t31-,32+,36?,37+,38-,39+,42+,48+,49-,50-,51+/m1/s1. The molecule has 1 aromatic carbocycles. The third-order valence-corrected chi connectivity index (χ3v) is 18.7. The molecule has 5 fully saturated rings. The van der Waals surface area contributed by atoms with Gasteiger partial charge in [-0.25, -0.2) is 0 Å². The summed E-state index contributed by atoms with van der Waals surface area (Å²) < 4.78 is 17.3. The van der Waals surface area contributed by atoms with Crippen molar-refractivity contribution in [3.63, 3.8) is 0 Å². The maximum absolute atomic E-state index is 14.5. The second-order valence-electron chi connectivity index (χ2n) is 21.9. The van der Waals surface area contributed by atoms with E-state index in [1.807, 2.05) is 0 Å². The molecule has 1 unspecified atom stereocenters. The number of rotatable bonds is 15. The number of hydrogen-bond acceptors (Lipinski definition) is 10. The van der Waals surface area contributed by atoms with E-state index in [9.17, 15) is 29.1 Å². The fourth-order valence-electron chi connectivity index (χ4n) is 14.7. The molecule has 13 heteroatoms. The minimum absolute atomic E-state index is 0.0484. The number of imide groups is 2. The zero-order chi connectivity index (χ0) is 45.8. The monoisotopic (exact) mass is 887 g/mol. The smallest absolute Gasteiger partial charge is 0.264 e. The molecule has 5 aliphatic carbocycles. The second-order valence-corrected chi connectivity index (χ2v) is 21.9. The van der Waals surface area contributed by atoms with Crippen LogP contribution in [0.25, 0.3) is 0 Å². The number of nitrogens with zero attached hydrogens (tertiary/aromatic N) is 1. The van der Waals surface area contributed by atoms with Crippen LogP contribution in [-0.4, -0.2) is 104 Å². The number of hydrogen-bond donors (Lipinski definition) is 4. The van der Waals surface area contributed by atoms with Gasteiger partial charge in [-0.1, -0.05) is 66.2 Å². The maximum Gasteiger partial charge on any atom is 0.264 e. The quantitative estimate of drug-likeness (QED) is 0.0846. The molecular formula is C51H74N4O9. The highest BCUT2D eigenvalue weighted by Gasteiger charge is 2.69. The summed E-state index contributed by atoms with van der Waals surface area (Å²) in [5.41, 5.74) is 2.43. The first kappa shape index (κ1) is 46.9. The van der Waals surface area contributed by atoms with Crippen LogP contribution in [0, 0.1) is 56.7 Å². The van der Waals surface area contributed by atoms with Crippen LogP contribution in [0.4, 0.5) is 5.69 Å². The summed E-state index contributed by atoms with van der Waals surface area (Å²) in [6, 6.07) is 3.94. The molecule has 0 radical (unpaired) electrons. The number of amides is 5. The Balaban J connectivity index is 0.764. The van der Waals surface area contributed by atoms with Crippen molar-refractivity contribution in [2.45, 2.75) is 131 Å². The Labute approximate surface area is 379 Å². The zero-order valence-corrected chi connectivity index (χ0v) is 39.4. The van der Waals surface area contributed by atoms with E-state index < -0.39 is 35.1 Å². The van der Waals surface area contributed by atoms with E-state index in [1.165, 1.54) is 12.8 Å². The van der Waals surface area contributed by atoms with Crippen molar-refractivity contribution < 1.29 is 43.3 Å². The van der Waals surface area contributed by atoms with E-state index in [2.05, 4.69) is 70.5 Å². The summed E-state index contributed by atoms with van der Waals surface area (Å²) in [6.45, 7) is 20.3. The number of nitrogens with one attached hydrogen (secondary N) is 3. The average molecular weight is 887 g/mol. The molecule has 352 valence electrons. The lowest BCUT2D eigenvalue weighted by atomic mass is 9.33. The summed E-state index contributed by atoms with van der Waals surface area (Å²) in [5, 5.41) is 19.9. The predicted octanol–water partition coefficient (Wildman–Crippen LogP) is 6.68. The Hall–Kier alpha value is -3.65. The molecule has 8 rings (SSSR count). The molecule has 2 heterocycles. The van der Waals surface area contributed by atoms with E-state index in [0.29, 0.717) is 82.1 Å². The van der Waals surface area contributed by atoms with E-state index >= 15 is 0 Å². The molecule has 0 spiro atoms. The Morgan fingerprint density at radius 2 is 1.52 bits per heavy atom. The Bertz CT molecular complexity index is 2040. The van der Waals surface area contributed by atoms with Crippen molar-refractivity contribution in [3.05, 3.63) is 41.0 Å². The Morgan fingerprint density at radius 1 is 0.812 bits per heavy atom. The van der Waals surface area contributed by atoms with Gasteiger partial charge in [0.2, 0.25) is 17.7 Å². The maximum atomic E-state index is 14.5. The first-order chi connectivity index (χ1) is 30.4. The number of carbonyl (C=O) groups is 5. The number of aliphatic hydroxyl groups excluding tert-OH is 1. The van der Waals surface area contributed by atoms with Crippen molar-refractivity contribution in [2.75, 3.05) is 58.0 Å². The van der Waals surface area contributed by atoms with Gasteiger partial charge in [0, 0.05) is 25.2 Å². The molecule has 5 amide bonds. The predicted molar refractivity (Wildman–Crippen MR) is 242 cm³/mol. The normalized spacial score (nSPS) is 37.7. The number of ether oxygens (including phenoxy) is 3. The van der Waals surface area contributed by atoms with Crippen LogP contribution >= 0.6 is 0 Å². The van der Waals surface area contributed by atoms with Gasteiger partial charge in [-0.05, 0) is 128 Å². The largest absolute Gasteiger partial charge is 0.393 e. The molecule has 4 N–H and O–H groups in total. The lowest BCUT2D eigenvalue weighted by molar-refractivity contribution is -0.204. The zero-order valence-electron chi connectivity index (χ0n) is 39.4. The van der Waals surface area contributed by atoms with Crippen LogP contribution in [0.15, 0.2) is 29.8 Å². The van der Waals surface area contributed by atoms with Crippen LogP contribution in [0.5, 0.6) is 0 Å². The highest BCUT2D eigenvalue weighted by Crippen LogP contribution is 2.75. The number of aliphatic hydroxyl groups is 1. The summed E-state index contributed by atoms with van der Waals surface area (Å²) in [5.74, 6) is 0.363. The van der Waals surface area contributed by atoms with Gasteiger partial charge in [0.15, 0.2) is 0 Å². The Morgan fingerprint density at radius 3 is 2.23 bits per heavy atom. The highest BCUT2D eigenvalue weighted by atomic mass is 16.5. The summed E-state index contributed by atoms with van der Waals surface area (Å²) >= 11 is 0. The molecule has 13 nitrogen and oxygen atoms in total. The van der Waals surface area contributed by atoms with Gasteiger partial charge in [0.25, 0.3) is 11.8 Å². The van der Waals surface area contributed by atoms with Gasteiger partial charge in [-0.2, -0.15) is 0 Å². The summed E-state index contributed by atoms with van der Waals surface area (Å²) in [6.07, 6.45) is 12.0. The number of allylic oxidation sites excluding steroid dienone is 2. The number of fused-ring (bicyclic) bond motifs is 8. The molecular weight excluding hydrogens is 813 g/mol. The molecule has 1 aromatic rings. The van der Waals surface area contributed by atoms with Crippen LogP contribution < -0.4 is 16.0 Å². The lowest BCUT2D eigenvalue weighted by Gasteiger charge is -2.71. The fraction of sp³-hybridized carbons (Fsp3) is 0.745. The SMILES string of the molecule is C[C@H]1[C@H](C)CC[C@]2(C(=O)NCCOCCOCCOCCNc3cccc4c3C(=O)N(C3CCC(=O)NC3=O)C4=O)CC[C@]3(C)C(=CC[C@@H]4[C@@]5(C)CC[C@H](O)C(C)(C)[C@@H]5CC[C@]43C)[C@H]12. The van der Waals surface area contributed by atoms with Crippen LogP contribution in [-0.2, 0) is 28.6 Å². The third-order valence-electron chi connectivity index (χ3n) is 18.7. The van der Waals surface area contributed by atoms with Crippen LogP contribution in [0.2, 0.25) is 0 Å². The highest BCUT2D eigenvalue weighted by molar-refractivity contribution is 6.25. The molecule has 0 aromatic heterocycles. The van der Waals surface area contributed by atoms with Crippen LogP contribution in [0.1, 0.15) is 140 Å². The van der Waals surface area contributed by atoms with Crippen molar-refractivity contribution in [1.29, 1.82) is 0 Å². The third kappa shape index (κ3) is 7.65. The van der Waals surface area contributed by atoms with Gasteiger partial charge in [-0.15, -0.1) is 0 Å². The first-order valence-electron chi connectivity index (χ1n) is 24.4. The van der Waals surface area contributed by atoms with E-state index in [1.54, 1.807) is 23.8 Å². The average Bonchev–Trinajstić information content (AvgIpc) is 3.51. The molecule has 7 aliphatic rings. The number of anilines is 1. The van der Waals surface area contributed by atoms with Gasteiger partial charge in [0.05, 0.1) is 62.3 Å². The molecule has 2 aliphatic heterocycles. The van der Waals surface area contributed by atoms with Crippen LogP contribution in [0.3, 0.4) is 0 Å². The minimum atomic E-state index is -1.02. The number of carbonyl (C=O) groups excluding carboxylic acids is 5. The minimum Gasteiger partial charge on any atom is -0.393 e.